The van der Waals surface area contributed by atoms with Crippen LogP contribution in [0.5, 0.6) is 0 Å². The van der Waals surface area contributed by atoms with E-state index in [0.29, 0.717) is 19.8 Å². The molecule has 0 unspecified atom stereocenters. The Morgan fingerprint density at radius 3 is 0.875 bits per heavy atom. The second kappa shape index (κ2) is 57.7. The van der Waals surface area contributed by atoms with Gasteiger partial charge in [-0.3, -0.25) is 6.54 Å². The van der Waals surface area contributed by atoms with Gasteiger partial charge in [0.05, 0.1) is 0 Å². The standard InChI is InChI=1S/3C3H8O.C2H6N.Ti/c3*1-2-3-4;1-2-3;/h3*4H,2-3H2,1H3;2H,3H2,1H3;/q;;;-1;. The molecule has 4 nitrogen and oxygen atoms in total. The molecule has 5 N–H and O–H groups in total. The summed E-state index contributed by atoms with van der Waals surface area (Å²) < 4.78 is 0. The van der Waals surface area contributed by atoms with E-state index in [1.807, 2.05) is 20.8 Å². The Bertz CT molecular complexity index is 45.0. The number of rotatable bonds is 3. The van der Waals surface area contributed by atoms with Crippen molar-refractivity contribution in [3.63, 3.8) is 0 Å². The fourth-order valence-electron chi connectivity index (χ4n) is 0. The van der Waals surface area contributed by atoms with Crippen molar-refractivity contribution in [2.75, 3.05) is 19.8 Å². The molecule has 0 spiro atoms. The first-order valence-corrected chi connectivity index (χ1v) is 5.48. The minimum absolute atomic E-state index is 0. The second-order valence-electron chi connectivity index (χ2n) is 2.50. The van der Waals surface area contributed by atoms with Crippen molar-refractivity contribution < 1.29 is 37.0 Å². The van der Waals surface area contributed by atoms with Gasteiger partial charge in [0.15, 0.2) is 0 Å². The maximum Gasteiger partial charge on any atom is 0.0428 e. The molecule has 0 aromatic carbocycles. The molecule has 0 rings (SSSR count). The maximum absolute atomic E-state index is 7.88. The Morgan fingerprint density at radius 1 is 0.812 bits per heavy atom. The van der Waals surface area contributed by atoms with Crippen LogP contribution in [-0.2, 0) is 21.7 Å². The molecule has 0 saturated heterocycles. The summed E-state index contributed by atoms with van der Waals surface area (Å²) in [7, 11) is 0. The zero-order chi connectivity index (χ0) is 12.9. The second-order valence-corrected chi connectivity index (χ2v) is 2.50. The predicted octanol–water partition coefficient (Wildman–Crippen LogP) is 1.29. The molecule has 0 aliphatic rings. The van der Waals surface area contributed by atoms with Gasteiger partial charge in [-0.25, -0.2) is 0 Å². The van der Waals surface area contributed by atoms with Gasteiger partial charge in [0.2, 0.25) is 0 Å². The maximum atomic E-state index is 7.88. The third-order valence-electron chi connectivity index (χ3n) is 0.671. The summed E-state index contributed by atoms with van der Waals surface area (Å²) in [6.45, 7) is 10.0. The molecule has 0 atom stereocenters. The van der Waals surface area contributed by atoms with Gasteiger partial charge in [0, 0.05) is 41.5 Å². The molecule has 0 saturated carbocycles. The van der Waals surface area contributed by atoms with Crippen LogP contribution in [-0.4, -0.2) is 35.1 Å². The smallest absolute Gasteiger partial charge is 0.0428 e. The third kappa shape index (κ3) is 212. The van der Waals surface area contributed by atoms with Crippen molar-refractivity contribution in [2.24, 2.45) is 5.73 Å². The van der Waals surface area contributed by atoms with Crippen LogP contribution in [0.3, 0.4) is 0 Å². The van der Waals surface area contributed by atoms with Crippen LogP contribution in [0.1, 0.15) is 47.0 Å². The average Bonchev–Trinajstić information content (AvgIpc) is 2.30. The normalized spacial score (nSPS) is 6.75. The molecule has 102 valence electrons. The fourth-order valence-corrected chi connectivity index (χ4v) is 0. The summed E-state index contributed by atoms with van der Waals surface area (Å²) in [5, 5.41) is 23.6. The SMILES string of the molecule is CCCO.CCCO.CCCO.C[CH-]N.[Ti]. The molecule has 0 aliphatic carbocycles. The van der Waals surface area contributed by atoms with Gasteiger partial charge in [-0.05, 0) is 19.3 Å². The Morgan fingerprint density at radius 2 is 0.875 bits per heavy atom. The first kappa shape index (κ1) is 30.0. The van der Waals surface area contributed by atoms with Gasteiger partial charge < -0.3 is 21.1 Å². The molecule has 0 amide bonds. The van der Waals surface area contributed by atoms with Crippen molar-refractivity contribution in [1.29, 1.82) is 0 Å². The first-order chi connectivity index (χ1) is 7.16. The van der Waals surface area contributed by atoms with Crippen molar-refractivity contribution in [3.8, 4) is 0 Å². The van der Waals surface area contributed by atoms with E-state index in [0.717, 1.165) is 19.3 Å². The molecule has 0 aromatic rings. The quantitative estimate of drug-likeness (QED) is 0.460. The summed E-state index contributed by atoms with van der Waals surface area (Å²) in [6.07, 6.45) is 2.62. The van der Waals surface area contributed by atoms with Gasteiger partial charge >= 0.3 is 0 Å². The predicted molar refractivity (Wildman–Crippen MR) is 66.3 cm³/mol. The number of aliphatic hydroxyl groups excluding tert-OH is 3. The van der Waals surface area contributed by atoms with Crippen LogP contribution < -0.4 is 5.73 Å². The van der Waals surface area contributed by atoms with E-state index >= 15 is 0 Å². The zero-order valence-corrected chi connectivity index (χ0v) is 12.8. The van der Waals surface area contributed by atoms with E-state index in [1.54, 1.807) is 6.92 Å². The van der Waals surface area contributed by atoms with Crippen molar-refractivity contribution in [2.45, 2.75) is 47.0 Å². The molecular weight excluding hydrogens is 242 g/mol. The zero-order valence-electron chi connectivity index (χ0n) is 11.2. The molecule has 0 aliphatic heterocycles. The Kier molecular flexibility index (Phi) is 108. The van der Waals surface area contributed by atoms with Crippen LogP contribution in [0.2, 0.25) is 0 Å². The summed E-state index contributed by atoms with van der Waals surface area (Å²) in [5.74, 6) is 0. The third-order valence-corrected chi connectivity index (χ3v) is 0.671. The van der Waals surface area contributed by atoms with Crippen LogP contribution in [0.15, 0.2) is 0 Å². The Labute approximate surface area is 116 Å². The topological polar surface area (TPSA) is 86.7 Å². The molecular formula is C11H30NO3Ti-. The van der Waals surface area contributed by atoms with E-state index in [1.165, 1.54) is 6.54 Å². The summed E-state index contributed by atoms with van der Waals surface area (Å²) in [6, 6.07) is 0. The number of hydrogen-bond donors (Lipinski definition) is 4. The van der Waals surface area contributed by atoms with Crippen LogP contribution in [0.25, 0.3) is 0 Å². The van der Waals surface area contributed by atoms with E-state index in [4.69, 9.17) is 21.1 Å². The number of aliphatic hydroxyl groups is 3. The van der Waals surface area contributed by atoms with E-state index in [9.17, 15) is 0 Å². The van der Waals surface area contributed by atoms with Crippen molar-refractivity contribution >= 4 is 0 Å². The summed E-state index contributed by atoms with van der Waals surface area (Å²) in [5.41, 5.74) is 4.72. The van der Waals surface area contributed by atoms with Crippen molar-refractivity contribution in [1.82, 2.24) is 0 Å². The van der Waals surface area contributed by atoms with Gasteiger partial charge in [-0.15, -0.1) is 0 Å². The Balaban J connectivity index is -0.0000000331. The monoisotopic (exact) mass is 272 g/mol. The van der Waals surface area contributed by atoms with Gasteiger partial charge in [0.25, 0.3) is 0 Å². The van der Waals surface area contributed by atoms with E-state index < -0.39 is 0 Å². The molecule has 16 heavy (non-hydrogen) atoms. The summed E-state index contributed by atoms with van der Waals surface area (Å²) >= 11 is 0. The minimum atomic E-state index is 0. The first-order valence-electron chi connectivity index (χ1n) is 5.48. The molecule has 5 heteroatoms. The molecule has 0 aromatic heterocycles. The molecule has 0 radical (unpaired) electrons. The van der Waals surface area contributed by atoms with Gasteiger partial charge in [-0.1, -0.05) is 20.8 Å². The van der Waals surface area contributed by atoms with Gasteiger partial charge in [-0.2, -0.15) is 6.92 Å². The minimum Gasteiger partial charge on any atom is -0.484 e. The van der Waals surface area contributed by atoms with Gasteiger partial charge in [0.1, 0.15) is 0 Å². The number of nitrogens with two attached hydrogens (primary N) is 1. The van der Waals surface area contributed by atoms with Crippen LogP contribution in [0, 0.1) is 6.54 Å². The molecule has 0 heterocycles. The Hall–Kier alpha value is 0.554. The van der Waals surface area contributed by atoms with E-state index in [2.05, 4.69) is 0 Å². The molecule has 0 bridgehead atoms. The van der Waals surface area contributed by atoms with E-state index in [-0.39, 0.29) is 21.7 Å². The number of hydrogen-bond acceptors (Lipinski definition) is 4. The van der Waals surface area contributed by atoms with Crippen molar-refractivity contribution in [3.05, 3.63) is 6.54 Å². The van der Waals surface area contributed by atoms with Crippen LogP contribution in [0.4, 0.5) is 0 Å². The largest absolute Gasteiger partial charge is 0.484 e. The fraction of sp³-hybridized carbons (Fsp3) is 0.909. The average molecular weight is 272 g/mol. The summed E-state index contributed by atoms with van der Waals surface area (Å²) in [4.78, 5) is 0. The van der Waals surface area contributed by atoms with Crippen LogP contribution >= 0.6 is 0 Å². The molecule has 0 fully saturated rings.